The highest BCUT2D eigenvalue weighted by Crippen LogP contribution is 2.71. The monoisotopic (exact) mass is 796 g/mol. The van der Waals surface area contributed by atoms with Gasteiger partial charge in [-0.15, -0.1) is 11.8 Å². The minimum atomic E-state index is -1.42. The number of esters is 2. The Labute approximate surface area is 331 Å². The van der Waals surface area contributed by atoms with Gasteiger partial charge < -0.3 is 33.5 Å². The van der Waals surface area contributed by atoms with Crippen LogP contribution in [0.2, 0.25) is 0 Å². The maximum Gasteiger partial charge on any atom is 0.332 e. The minimum absolute atomic E-state index is 0.0204. The number of hydrogen-bond donors (Lipinski definition) is 2. The quantitative estimate of drug-likeness (QED) is 0.262. The van der Waals surface area contributed by atoms with E-state index in [4.69, 9.17) is 28.4 Å². The number of likely N-dealkylation sites (N-methyl/N-ethyl adjacent to an activating group) is 1. The van der Waals surface area contributed by atoms with E-state index in [-0.39, 0.29) is 59.8 Å². The molecule has 2 unspecified atom stereocenters. The van der Waals surface area contributed by atoms with Crippen LogP contribution >= 0.6 is 11.8 Å². The number of fused-ring (bicyclic) bond motifs is 7. The molecule has 11 rings (SSSR count). The zero-order valence-corrected chi connectivity index (χ0v) is 33.0. The van der Waals surface area contributed by atoms with Crippen molar-refractivity contribution in [2.75, 3.05) is 40.4 Å². The van der Waals surface area contributed by atoms with Gasteiger partial charge in [0.15, 0.2) is 40.1 Å². The van der Waals surface area contributed by atoms with Crippen molar-refractivity contribution in [2.45, 2.75) is 86.6 Å². The van der Waals surface area contributed by atoms with E-state index in [0.717, 1.165) is 5.56 Å². The third-order valence-corrected chi connectivity index (χ3v) is 14.9. The first kappa shape index (κ1) is 36.3. The number of ether oxygens (including phenoxy) is 6. The van der Waals surface area contributed by atoms with E-state index < -0.39 is 64.3 Å². The van der Waals surface area contributed by atoms with Crippen molar-refractivity contribution in [3.8, 4) is 34.8 Å². The molecule has 3 fully saturated rings. The first-order valence-electron chi connectivity index (χ1n) is 18.9. The summed E-state index contributed by atoms with van der Waals surface area (Å²) in [6, 6.07) is 3.07. The van der Waals surface area contributed by atoms with E-state index in [2.05, 4.69) is 16.3 Å². The second-order valence-corrected chi connectivity index (χ2v) is 17.1. The predicted octanol–water partition coefficient (Wildman–Crippen LogP) is 2.73. The number of carbonyl (C=O) groups excluding carboxylic acids is 4. The van der Waals surface area contributed by atoms with Crippen LogP contribution in [0.4, 0.5) is 0 Å². The highest BCUT2D eigenvalue weighted by Gasteiger charge is 2.76. The number of Topliss-reactive ketones (excluding diaryl/α,β-unsaturated/α-hetero) is 2. The number of aromatic hydroxyl groups is 1. The highest BCUT2D eigenvalue weighted by molar-refractivity contribution is 7.99. The molecule has 57 heavy (non-hydrogen) atoms. The maximum absolute atomic E-state index is 15.0. The van der Waals surface area contributed by atoms with Crippen LogP contribution in [0.25, 0.3) is 0 Å². The summed E-state index contributed by atoms with van der Waals surface area (Å²) in [4.78, 5) is 61.0. The number of phenols is 1. The number of ketones is 2. The summed E-state index contributed by atoms with van der Waals surface area (Å²) in [7, 11) is 4.71. The number of nitrogens with zero attached hydrogens (tertiary/aromatic N) is 3. The molecular weight excluding hydrogens is 757 g/mol. The number of thioether (sulfide) groups is 1. The fourth-order valence-corrected chi connectivity index (χ4v) is 12.7. The first-order valence-corrected chi connectivity index (χ1v) is 20.0. The maximum atomic E-state index is 15.0. The van der Waals surface area contributed by atoms with Crippen molar-refractivity contribution < 1.29 is 52.7 Å². The zero-order chi connectivity index (χ0) is 40.0. The summed E-state index contributed by atoms with van der Waals surface area (Å²) < 4.78 is 36.3. The molecule has 2 aliphatic carbocycles. The van der Waals surface area contributed by atoms with Crippen molar-refractivity contribution in [3.05, 3.63) is 62.4 Å². The fraction of sp³-hybridized carbons (Fsp3) is 0.488. The number of allylic oxidation sites excluding steroid dienone is 2. The van der Waals surface area contributed by atoms with Gasteiger partial charge in [0.1, 0.15) is 17.9 Å². The van der Waals surface area contributed by atoms with E-state index in [1.165, 1.54) is 32.9 Å². The average Bonchev–Trinajstić information content (AvgIpc) is 3.63. The van der Waals surface area contributed by atoms with Gasteiger partial charge in [0.2, 0.25) is 12.6 Å². The van der Waals surface area contributed by atoms with Crippen LogP contribution in [0.5, 0.6) is 28.7 Å². The number of methoxy groups -OCH3 is 2. The van der Waals surface area contributed by atoms with Gasteiger partial charge in [0.05, 0.1) is 37.1 Å². The zero-order valence-electron chi connectivity index (χ0n) is 32.1. The number of nitrogens with one attached hydrogen (secondary N) is 1. The van der Waals surface area contributed by atoms with Crippen molar-refractivity contribution in [3.63, 3.8) is 0 Å². The Kier molecular flexibility index (Phi) is 7.77. The van der Waals surface area contributed by atoms with Crippen LogP contribution in [0.1, 0.15) is 59.8 Å². The number of nitriles is 1. The van der Waals surface area contributed by atoms with Gasteiger partial charge in [0, 0.05) is 71.1 Å². The lowest BCUT2D eigenvalue weighted by molar-refractivity contribution is -0.157. The summed E-state index contributed by atoms with van der Waals surface area (Å²) in [5.41, 5.74) is 1.43. The molecule has 2 N–H and O–H groups in total. The molecule has 2 spiro atoms. The van der Waals surface area contributed by atoms with E-state index in [1.54, 1.807) is 26.0 Å². The van der Waals surface area contributed by atoms with Crippen LogP contribution in [-0.2, 0) is 46.2 Å². The topological polar surface area (TPSA) is 186 Å². The van der Waals surface area contributed by atoms with Crippen LogP contribution in [0, 0.1) is 18.3 Å². The number of benzene rings is 2. The van der Waals surface area contributed by atoms with Gasteiger partial charge >= 0.3 is 11.9 Å². The van der Waals surface area contributed by atoms with Gasteiger partial charge in [-0.05, 0) is 57.0 Å². The van der Waals surface area contributed by atoms with Crippen LogP contribution < -0.4 is 24.3 Å². The Balaban J connectivity index is 1.27. The Morgan fingerprint density at radius 1 is 1.12 bits per heavy atom. The molecule has 2 saturated heterocycles. The van der Waals surface area contributed by atoms with E-state index >= 15 is 0 Å². The van der Waals surface area contributed by atoms with Gasteiger partial charge in [-0.3, -0.25) is 29.5 Å². The van der Waals surface area contributed by atoms with Gasteiger partial charge in [-0.2, -0.15) is 5.26 Å². The lowest BCUT2D eigenvalue weighted by atomic mass is 9.68. The molecule has 296 valence electrons. The molecule has 1 saturated carbocycles. The summed E-state index contributed by atoms with van der Waals surface area (Å²) in [5.74, 6) is -0.453. The standard InChI is InChI=1S/C41H40N4O11S/c1-16-32(48)20-10-22-23(13-42)45-31(30(44(22)4)27(20)33(49)35(16)52-6)38-28-29(37-36(53-15-54-37)17(2)34(28)55-18(3)46)41(45)12-26(41)56-39(50)40(14-57-38)21-11-25(51-5)24(47)9-19(21)7-8-43-40/h9,11,22-23,26,30-31,38,43,47H,7-8,10,12,14-15H2,1-6H3/t22-,23-,26+,30+,31?,38+,40+,41?/m0/s1. The molecule has 0 aromatic heterocycles. The van der Waals surface area contributed by atoms with E-state index in [0.29, 0.717) is 57.9 Å². The number of phenolic OH excluding ortho intramolecular Hbond substituents is 1. The highest BCUT2D eigenvalue weighted by atomic mass is 32.2. The molecule has 15 nitrogen and oxygen atoms in total. The SMILES string of the molecule is COC1=C(C)C(=O)C2=C(C1=O)[C@@H]1C3[C@@H]4SC[C@]5(NCCc6cc(O)c(OC)cc65)C(=O)O[C@@H]5CC5(c5c6c(c(C)c(OC(C)=O)c54)OCO6)N3[C@@H](C#N)[C@H](C2)N1C. The second-order valence-electron chi connectivity index (χ2n) is 16.0. The Morgan fingerprint density at radius 2 is 1.89 bits per heavy atom. The average molecular weight is 797 g/mol. The normalized spacial score (nSPS) is 33.4. The van der Waals surface area contributed by atoms with Crippen molar-refractivity contribution in [1.82, 2.24) is 15.1 Å². The predicted molar refractivity (Wildman–Crippen MR) is 200 cm³/mol. The molecule has 0 amide bonds. The lowest BCUT2D eigenvalue weighted by Crippen LogP contribution is -2.75. The Morgan fingerprint density at radius 3 is 2.61 bits per heavy atom. The van der Waals surface area contributed by atoms with Crippen molar-refractivity contribution in [1.29, 1.82) is 5.26 Å². The van der Waals surface area contributed by atoms with E-state index in [1.807, 2.05) is 11.9 Å². The molecule has 8 atom stereocenters. The number of rotatable bonds is 3. The molecular formula is C41H40N4O11S. The molecule has 7 heterocycles. The Bertz CT molecular complexity index is 2390. The minimum Gasteiger partial charge on any atom is -0.504 e. The second kappa shape index (κ2) is 12.2. The fourth-order valence-electron chi connectivity index (χ4n) is 11.0. The molecule has 7 aliphatic heterocycles. The number of hydrogen-bond acceptors (Lipinski definition) is 16. The third kappa shape index (κ3) is 4.48. The third-order valence-electron chi connectivity index (χ3n) is 13.4. The van der Waals surface area contributed by atoms with Crippen LogP contribution in [0.3, 0.4) is 0 Å². The van der Waals surface area contributed by atoms with Gasteiger partial charge in [-0.25, -0.2) is 4.79 Å². The van der Waals surface area contributed by atoms with Gasteiger partial charge in [0.25, 0.3) is 0 Å². The molecule has 2 aromatic rings. The molecule has 0 radical (unpaired) electrons. The smallest absolute Gasteiger partial charge is 0.332 e. The summed E-state index contributed by atoms with van der Waals surface area (Å²) in [6.45, 7) is 5.02. The summed E-state index contributed by atoms with van der Waals surface area (Å²) in [5, 5.41) is 24.8. The first-order chi connectivity index (χ1) is 27.3. The van der Waals surface area contributed by atoms with Crippen LogP contribution in [-0.4, -0.2) is 109 Å². The molecule has 4 bridgehead atoms. The summed E-state index contributed by atoms with van der Waals surface area (Å²) in [6.07, 6.45) is 0.106. The lowest BCUT2D eigenvalue weighted by Gasteiger charge is -2.62. The molecule has 9 aliphatic rings. The largest absolute Gasteiger partial charge is 0.504 e. The van der Waals surface area contributed by atoms with Gasteiger partial charge in [-0.1, -0.05) is 0 Å². The number of piperazine rings is 1. The molecule has 2 aromatic carbocycles. The van der Waals surface area contributed by atoms with Crippen molar-refractivity contribution >= 4 is 35.3 Å². The number of carbonyl (C=O) groups is 4. The Hall–Kier alpha value is -5.08. The van der Waals surface area contributed by atoms with E-state index in [9.17, 15) is 29.5 Å². The van der Waals surface area contributed by atoms with Crippen molar-refractivity contribution in [2.24, 2.45) is 0 Å². The summed E-state index contributed by atoms with van der Waals surface area (Å²) >= 11 is 1.40. The van der Waals surface area contributed by atoms with Crippen LogP contribution in [0.15, 0.2) is 34.6 Å². The molecule has 16 heteroatoms.